The molecule has 1 atom stereocenters. The summed E-state index contributed by atoms with van der Waals surface area (Å²) in [6, 6.07) is 15.9. The van der Waals surface area contributed by atoms with Crippen LogP contribution in [0.5, 0.6) is 0 Å². The number of carbonyl (C=O) groups excluding carboxylic acids is 1. The third kappa shape index (κ3) is 4.55. The molecule has 144 valence electrons. The van der Waals surface area contributed by atoms with Crippen molar-refractivity contribution < 1.29 is 4.79 Å². The number of piperazine rings is 1. The van der Waals surface area contributed by atoms with Crippen molar-refractivity contribution in [2.24, 2.45) is 0 Å². The first-order valence-electron chi connectivity index (χ1n) is 9.41. The van der Waals surface area contributed by atoms with Gasteiger partial charge < -0.3 is 10.2 Å². The first-order chi connectivity index (χ1) is 13.8. The van der Waals surface area contributed by atoms with E-state index in [-0.39, 0.29) is 11.9 Å². The quantitative estimate of drug-likeness (QED) is 0.697. The topological polar surface area (TPSA) is 61.4 Å². The van der Waals surface area contributed by atoms with Crippen LogP contribution in [0.15, 0.2) is 66.3 Å². The molecule has 28 heavy (non-hydrogen) atoms. The van der Waals surface area contributed by atoms with E-state index in [9.17, 15) is 4.79 Å². The fraction of sp³-hybridized carbons (Fsp3) is 0.286. The van der Waals surface area contributed by atoms with Gasteiger partial charge in [0.2, 0.25) is 11.9 Å². The standard InChI is InChI=1S/C21H23N5OS/c27-19(16-25-11-13-26(14-12-25)21-22-9-5-10-23-21)24-20(18-8-4-15-28-18)17-6-2-1-3-7-17/h1-10,15,20H,11-14,16H2,(H,24,27)/t20-/m0/s1. The van der Waals surface area contributed by atoms with Gasteiger partial charge in [0.25, 0.3) is 0 Å². The van der Waals surface area contributed by atoms with E-state index < -0.39 is 0 Å². The maximum atomic E-state index is 12.8. The number of carbonyl (C=O) groups is 1. The van der Waals surface area contributed by atoms with Crippen molar-refractivity contribution in [2.75, 3.05) is 37.6 Å². The highest BCUT2D eigenvalue weighted by Gasteiger charge is 2.23. The van der Waals surface area contributed by atoms with Gasteiger partial charge in [0.15, 0.2) is 0 Å². The number of hydrogen-bond acceptors (Lipinski definition) is 6. The number of amides is 1. The van der Waals surface area contributed by atoms with E-state index in [1.807, 2.05) is 35.7 Å². The first-order valence-corrected chi connectivity index (χ1v) is 10.3. The summed E-state index contributed by atoms with van der Waals surface area (Å²) in [5, 5.41) is 5.26. The third-order valence-electron chi connectivity index (χ3n) is 4.84. The van der Waals surface area contributed by atoms with E-state index in [0.717, 1.165) is 42.6 Å². The average molecular weight is 394 g/mol. The lowest BCUT2D eigenvalue weighted by molar-refractivity contribution is -0.122. The van der Waals surface area contributed by atoms with Gasteiger partial charge in [0.05, 0.1) is 12.6 Å². The van der Waals surface area contributed by atoms with Crippen molar-refractivity contribution >= 4 is 23.2 Å². The van der Waals surface area contributed by atoms with Gasteiger partial charge in [-0.1, -0.05) is 36.4 Å². The molecule has 0 bridgehead atoms. The highest BCUT2D eigenvalue weighted by atomic mass is 32.1. The van der Waals surface area contributed by atoms with E-state index in [1.165, 1.54) is 0 Å². The molecule has 1 amide bonds. The molecule has 0 aliphatic carbocycles. The molecule has 4 rings (SSSR count). The molecule has 6 nitrogen and oxygen atoms in total. The van der Waals surface area contributed by atoms with Gasteiger partial charge in [0, 0.05) is 43.4 Å². The van der Waals surface area contributed by atoms with Crippen molar-refractivity contribution in [1.82, 2.24) is 20.2 Å². The van der Waals surface area contributed by atoms with Gasteiger partial charge in [-0.05, 0) is 23.1 Å². The Labute approximate surface area is 168 Å². The van der Waals surface area contributed by atoms with Crippen LogP contribution in [0.2, 0.25) is 0 Å². The fourth-order valence-electron chi connectivity index (χ4n) is 3.39. The highest BCUT2D eigenvalue weighted by Crippen LogP contribution is 2.25. The second-order valence-electron chi connectivity index (χ2n) is 6.74. The molecule has 3 aromatic rings. The van der Waals surface area contributed by atoms with Gasteiger partial charge >= 0.3 is 0 Å². The van der Waals surface area contributed by atoms with Crippen LogP contribution in [0.3, 0.4) is 0 Å². The normalized spacial score (nSPS) is 15.9. The number of thiophene rings is 1. The molecule has 1 aliphatic rings. The lowest BCUT2D eigenvalue weighted by atomic mass is 10.1. The summed E-state index contributed by atoms with van der Waals surface area (Å²) in [6.45, 7) is 3.69. The molecular formula is C21H23N5OS. The molecule has 1 fully saturated rings. The van der Waals surface area contributed by atoms with Crippen molar-refractivity contribution in [3.8, 4) is 0 Å². The smallest absolute Gasteiger partial charge is 0.234 e. The molecule has 1 aliphatic heterocycles. The minimum absolute atomic E-state index is 0.0478. The zero-order chi connectivity index (χ0) is 19.2. The number of nitrogens with one attached hydrogen (secondary N) is 1. The van der Waals surface area contributed by atoms with Crippen LogP contribution in [0.25, 0.3) is 0 Å². The van der Waals surface area contributed by atoms with Crippen molar-refractivity contribution in [3.05, 3.63) is 76.7 Å². The Bertz CT molecular complexity index is 864. The number of nitrogens with zero attached hydrogens (tertiary/aromatic N) is 4. The van der Waals surface area contributed by atoms with Gasteiger partial charge in [-0.2, -0.15) is 0 Å². The van der Waals surface area contributed by atoms with E-state index >= 15 is 0 Å². The number of aromatic nitrogens is 2. The predicted molar refractivity (Wildman–Crippen MR) is 111 cm³/mol. The van der Waals surface area contributed by atoms with Gasteiger partial charge in [-0.25, -0.2) is 9.97 Å². The molecule has 0 radical (unpaired) electrons. The van der Waals surface area contributed by atoms with Crippen LogP contribution in [0.4, 0.5) is 5.95 Å². The SMILES string of the molecule is O=C(CN1CCN(c2ncccn2)CC1)N[C@@H](c1ccccc1)c1cccs1. The summed E-state index contributed by atoms with van der Waals surface area (Å²) in [5.74, 6) is 0.806. The third-order valence-corrected chi connectivity index (χ3v) is 5.78. The molecule has 2 aromatic heterocycles. The van der Waals surface area contributed by atoms with Crippen molar-refractivity contribution in [3.63, 3.8) is 0 Å². The Kier molecular flexibility index (Phi) is 5.94. The molecule has 0 spiro atoms. The van der Waals surface area contributed by atoms with E-state index in [2.05, 4.69) is 43.3 Å². The fourth-order valence-corrected chi connectivity index (χ4v) is 4.19. The highest BCUT2D eigenvalue weighted by molar-refractivity contribution is 7.10. The summed E-state index contributed by atoms with van der Waals surface area (Å²) in [7, 11) is 0. The molecule has 3 heterocycles. The van der Waals surface area contributed by atoms with Gasteiger partial charge in [0.1, 0.15) is 0 Å². The molecule has 1 N–H and O–H groups in total. The van der Waals surface area contributed by atoms with Crippen LogP contribution >= 0.6 is 11.3 Å². The zero-order valence-electron chi connectivity index (χ0n) is 15.6. The molecule has 0 unspecified atom stereocenters. The van der Waals surface area contributed by atoms with Crippen LogP contribution in [-0.2, 0) is 4.79 Å². The van der Waals surface area contributed by atoms with Crippen LogP contribution < -0.4 is 10.2 Å². The minimum Gasteiger partial charge on any atom is -0.343 e. The molecular weight excluding hydrogens is 370 g/mol. The minimum atomic E-state index is -0.104. The molecule has 1 saturated heterocycles. The average Bonchev–Trinajstić information content (AvgIpc) is 3.28. The Morgan fingerprint density at radius 3 is 2.43 bits per heavy atom. The summed E-state index contributed by atoms with van der Waals surface area (Å²) >= 11 is 1.66. The van der Waals surface area contributed by atoms with Crippen LogP contribution in [-0.4, -0.2) is 53.5 Å². The van der Waals surface area contributed by atoms with Crippen LogP contribution in [0.1, 0.15) is 16.5 Å². The maximum absolute atomic E-state index is 12.8. The number of hydrogen-bond donors (Lipinski definition) is 1. The maximum Gasteiger partial charge on any atom is 0.234 e. The zero-order valence-corrected chi connectivity index (χ0v) is 16.4. The number of anilines is 1. The Morgan fingerprint density at radius 1 is 1.00 bits per heavy atom. The van der Waals surface area contributed by atoms with Gasteiger partial charge in [-0.3, -0.25) is 9.69 Å². The van der Waals surface area contributed by atoms with Crippen molar-refractivity contribution in [1.29, 1.82) is 0 Å². The van der Waals surface area contributed by atoms with E-state index in [4.69, 9.17) is 0 Å². The Morgan fingerprint density at radius 2 is 1.75 bits per heavy atom. The Hall–Kier alpha value is -2.77. The van der Waals surface area contributed by atoms with E-state index in [0.29, 0.717) is 6.54 Å². The second-order valence-corrected chi connectivity index (χ2v) is 7.72. The molecule has 7 heteroatoms. The molecule has 0 saturated carbocycles. The van der Waals surface area contributed by atoms with E-state index in [1.54, 1.807) is 23.7 Å². The largest absolute Gasteiger partial charge is 0.343 e. The summed E-state index contributed by atoms with van der Waals surface area (Å²) in [4.78, 5) is 26.9. The summed E-state index contributed by atoms with van der Waals surface area (Å²) < 4.78 is 0. The Balaban J connectivity index is 1.35. The van der Waals surface area contributed by atoms with Crippen molar-refractivity contribution in [2.45, 2.75) is 6.04 Å². The second kappa shape index (κ2) is 8.95. The summed E-state index contributed by atoms with van der Waals surface area (Å²) in [6.07, 6.45) is 3.52. The van der Waals surface area contributed by atoms with Gasteiger partial charge in [-0.15, -0.1) is 11.3 Å². The lowest BCUT2D eigenvalue weighted by Crippen LogP contribution is -2.50. The molecule has 1 aromatic carbocycles. The first kappa shape index (κ1) is 18.6. The number of rotatable bonds is 6. The number of benzene rings is 1. The van der Waals surface area contributed by atoms with Crippen LogP contribution in [0, 0.1) is 0 Å². The monoisotopic (exact) mass is 393 g/mol. The predicted octanol–water partition coefficient (Wildman–Crippen LogP) is 2.57. The summed E-state index contributed by atoms with van der Waals surface area (Å²) in [5.41, 5.74) is 1.10. The lowest BCUT2D eigenvalue weighted by Gasteiger charge is -2.34.